The van der Waals surface area contributed by atoms with E-state index in [1.54, 1.807) is 30.3 Å². The minimum Gasteiger partial charge on any atom is -0.494 e. The Hall–Kier alpha value is -4.05. The molecule has 0 heterocycles. The largest absolute Gasteiger partial charge is 0.494 e. The van der Waals surface area contributed by atoms with Crippen molar-refractivity contribution in [2.75, 3.05) is 19.7 Å². The van der Waals surface area contributed by atoms with Crippen molar-refractivity contribution in [1.82, 2.24) is 10.6 Å². The lowest BCUT2D eigenvalue weighted by atomic mass is 9.78. The molecule has 250 valence electrons. The summed E-state index contributed by atoms with van der Waals surface area (Å²) in [5.74, 6) is -0.644. The van der Waals surface area contributed by atoms with Crippen LogP contribution in [-0.2, 0) is 34.1 Å². The smallest absolute Gasteiger partial charge is 0.417 e. The zero-order chi connectivity index (χ0) is 33.0. The summed E-state index contributed by atoms with van der Waals surface area (Å²) in [6.45, 7) is 0.976. The van der Waals surface area contributed by atoms with E-state index in [1.165, 1.54) is 6.07 Å². The number of alkyl halides is 3. The second kappa shape index (κ2) is 17.8. The first kappa shape index (κ1) is 37.4. The van der Waals surface area contributed by atoms with Crippen molar-refractivity contribution in [1.29, 1.82) is 0 Å². The van der Waals surface area contributed by atoms with E-state index in [0.717, 1.165) is 22.8 Å². The van der Waals surface area contributed by atoms with Gasteiger partial charge in [-0.05, 0) is 66.3 Å². The summed E-state index contributed by atoms with van der Waals surface area (Å²) in [6.07, 6.45) is -3.23. The number of carboxylic acids is 1. The quantitative estimate of drug-likeness (QED) is 0.104. The van der Waals surface area contributed by atoms with Gasteiger partial charge in [-0.15, -0.1) is 12.4 Å². The maximum absolute atomic E-state index is 13.6. The highest BCUT2D eigenvalue weighted by atomic mass is 35.5. The van der Waals surface area contributed by atoms with Gasteiger partial charge in [0.1, 0.15) is 5.75 Å². The fourth-order valence-electron chi connectivity index (χ4n) is 5.37. The third kappa shape index (κ3) is 10.7. The summed E-state index contributed by atoms with van der Waals surface area (Å²) in [5.41, 5.74) is 1.54. The average molecular weight is 690 g/mol. The van der Waals surface area contributed by atoms with Crippen LogP contribution in [-0.4, -0.2) is 36.7 Å². The van der Waals surface area contributed by atoms with Crippen molar-refractivity contribution in [2.45, 2.75) is 43.8 Å². The van der Waals surface area contributed by atoms with Crippen LogP contribution < -0.4 is 15.4 Å². The predicted molar refractivity (Wildman–Crippen MR) is 179 cm³/mol. The first-order valence-corrected chi connectivity index (χ1v) is 15.4. The molecule has 47 heavy (non-hydrogen) atoms. The van der Waals surface area contributed by atoms with Crippen molar-refractivity contribution in [3.63, 3.8) is 0 Å². The Morgan fingerprint density at radius 2 is 1.47 bits per heavy atom. The maximum Gasteiger partial charge on any atom is 0.417 e. The molecule has 0 fully saturated rings. The maximum atomic E-state index is 13.6. The number of rotatable bonds is 16. The van der Waals surface area contributed by atoms with Gasteiger partial charge in [0, 0.05) is 6.54 Å². The molecule has 1 amide bonds. The molecule has 0 aliphatic rings. The monoisotopic (exact) mass is 688 g/mol. The fourth-order valence-corrected chi connectivity index (χ4v) is 5.70. The highest BCUT2D eigenvalue weighted by Gasteiger charge is 2.36. The van der Waals surface area contributed by atoms with Gasteiger partial charge < -0.3 is 20.5 Å². The molecule has 0 atom stereocenters. The van der Waals surface area contributed by atoms with E-state index in [2.05, 4.69) is 10.6 Å². The Kier molecular flexibility index (Phi) is 14.1. The zero-order valence-corrected chi connectivity index (χ0v) is 27.1. The molecule has 0 aromatic heterocycles. The molecular weight excluding hydrogens is 652 g/mol. The first-order chi connectivity index (χ1) is 22.1. The van der Waals surface area contributed by atoms with Crippen LogP contribution in [0.25, 0.3) is 0 Å². The van der Waals surface area contributed by atoms with E-state index < -0.39 is 23.2 Å². The van der Waals surface area contributed by atoms with Gasteiger partial charge in [-0.3, -0.25) is 9.59 Å². The van der Waals surface area contributed by atoms with Gasteiger partial charge >= 0.3 is 12.1 Å². The minimum absolute atomic E-state index is 0. The molecule has 4 rings (SSSR count). The number of amides is 1. The minimum atomic E-state index is -4.55. The molecule has 4 aromatic rings. The van der Waals surface area contributed by atoms with Crippen LogP contribution in [0.4, 0.5) is 13.2 Å². The Morgan fingerprint density at radius 3 is 2.09 bits per heavy atom. The lowest BCUT2D eigenvalue weighted by molar-refractivity contribution is -0.138. The molecule has 0 aliphatic carbocycles. The SMILES string of the molecule is Cl.O=C(O)CCNC(=O)Cc1cccc(OCCCNC(CCc2cccc(C(F)(F)F)c2Cl)(c2ccccc2)c2ccccc2)c1. The number of benzene rings is 4. The van der Waals surface area contributed by atoms with E-state index in [4.69, 9.17) is 21.4 Å². The van der Waals surface area contributed by atoms with Gasteiger partial charge in [0.15, 0.2) is 0 Å². The second-order valence-corrected chi connectivity index (χ2v) is 11.2. The number of aryl methyl sites for hydroxylation is 1. The van der Waals surface area contributed by atoms with E-state index in [1.807, 2.05) is 60.7 Å². The fraction of sp³-hybridized carbons (Fsp3) is 0.278. The van der Waals surface area contributed by atoms with Crippen LogP contribution >= 0.6 is 24.0 Å². The van der Waals surface area contributed by atoms with Gasteiger partial charge in [-0.25, -0.2) is 0 Å². The van der Waals surface area contributed by atoms with Crippen molar-refractivity contribution in [3.8, 4) is 5.75 Å². The number of halogens is 5. The molecule has 4 aromatic carbocycles. The zero-order valence-electron chi connectivity index (χ0n) is 25.6. The van der Waals surface area contributed by atoms with Crippen molar-refractivity contribution in [3.05, 3.63) is 136 Å². The first-order valence-electron chi connectivity index (χ1n) is 15.0. The standard InChI is InChI=1S/C36H36ClF3N2O4.ClH/c37-34-27(11-8-17-31(34)36(38,39)40)18-20-35(28-12-3-1-4-13-28,29-14-5-2-6-15-29)42-21-9-23-46-30-16-7-10-26(24-30)25-32(43)41-22-19-33(44)45;/h1-8,10-17,24,42H,9,18-23,25H2,(H,41,43)(H,44,45);1H. The number of carbonyl (C=O) groups excluding carboxylic acids is 1. The molecule has 11 heteroatoms. The van der Waals surface area contributed by atoms with Crippen LogP contribution in [0.5, 0.6) is 5.75 Å². The summed E-state index contributed by atoms with van der Waals surface area (Å²) in [5, 5.41) is 14.8. The number of nitrogens with one attached hydrogen (secondary N) is 2. The van der Waals surface area contributed by atoms with Crippen LogP contribution in [0.2, 0.25) is 5.02 Å². The summed E-state index contributed by atoms with van der Waals surface area (Å²) < 4.78 is 46.8. The van der Waals surface area contributed by atoms with Gasteiger partial charge in [0.25, 0.3) is 0 Å². The van der Waals surface area contributed by atoms with E-state index in [-0.39, 0.29) is 42.7 Å². The van der Waals surface area contributed by atoms with Crippen LogP contribution in [0.15, 0.2) is 103 Å². The van der Waals surface area contributed by atoms with Crippen LogP contribution in [0.3, 0.4) is 0 Å². The number of hydrogen-bond donors (Lipinski definition) is 3. The topological polar surface area (TPSA) is 87.7 Å². The molecule has 0 saturated carbocycles. The van der Waals surface area contributed by atoms with Gasteiger partial charge in [0.2, 0.25) is 5.91 Å². The van der Waals surface area contributed by atoms with Crippen LogP contribution in [0, 0.1) is 0 Å². The molecule has 0 spiro atoms. The molecule has 0 bridgehead atoms. The predicted octanol–water partition coefficient (Wildman–Crippen LogP) is 7.85. The lowest BCUT2D eigenvalue weighted by Crippen LogP contribution is -2.44. The van der Waals surface area contributed by atoms with Crippen molar-refractivity contribution >= 4 is 35.9 Å². The van der Waals surface area contributed by atoms with Gasteiger partial charge in [-0.1, -0.05) is 96.5 Å². The average Bonchev–Trinajstić information content (AvgIpc) is 3.03. The third-order valence-electron chi connectivity index (χ3n) is 7.63. The Balaban J connectivity index is 0.00000600. The number of ether oxygens (including phenoxy) is 1. The summed E-state index contributed by atoms with van der Waals surface area (Å²) >= 11 is 6.29. The summed E-state index contributed by atoms with van der Waals surface area (Å²) in [4.78, 5) is 22.8. The normalized spacial score (nSPS) is 11.4. The number of carboxylic acid groups (broad SMARTS) is 1. The van der Waals surface area contributed by atoms with E-state index >= 15 is 0 Å². The summed E-state index contributed by atoms with van der Waals surface area (Å²) in [7, 11) is 0. The molecule has 0 radical (unpaired) electrons. The lowest BCUT2D eigenvalue weighted by Gasteiger charge is -2.37. The molecular formula is C36H37Cl2F3N2O4. The molecule has 0 saturated heterocycles. The van der Waals surface area contributed by atoms with Crippen molar-refractivity contribution < 1.29 is 32.6 Å². The highest BCUT2D eigenvalue weighted by Crippen LogP contribution is 2.39. The van der Waals surface area contributed by atoms with E-state index in [9.17, 15) is 22.8 Å². The number of carbonyl (C=O) groups is 2. The van der Waals surface area contributed by atoms with Crippen LogP contribution in [0.1, 0.15) is 47.1 Å². The Bertz CT molecular complexity index is 1550. The molecule has 0 unspecified atom stereocenters. The molecule has 3 N–H and O–H groups in total. The third-order valence-corrected chi connectivity index (χ3v) is 8.07. The van der Waals surface area contributed by atoms with Gasteiger partial charge in [0.05, 0.1) is 35.6 Å². The Morgan fingerprint density at radius 1 is 0.830 bits per heavy atom. The molecule has 6 nitrogen and oxygen atoms in total. The molecule has 0 aliphatic heterocycles. The van der Waals surface area contributed by atoms with Crippen molar-refractivity contribution in [2.24, 2.45) is 0 Å². The number of hydrogen-bond acceptors (Lipinski definition) is 4. The summed E-state index contributed by atoms with van der Waals surface area (Å²) in [6, 6.07) is 30.8. The highest BCUT2D eigenvalue weighted by molar-refractivity contribution is 6.32. The van der Waals surface area contributed by atoms with E-state index in [0.29, 0.717) is 43.7 Å². The van der Waals surface area contributed by atoms with Gasteiger partial charge in [-0.2, -0.15) is 13.2 Å². The Labute approximate surface area is 283 Å². The number of aliphatic carboxylic acids is 1. The second-order valence-electron chi connectivity index (χ2n) is 10.9.